The number of hydrogen-bond donors (Lipinski definition) is 3. The van der Waals surface area contributed by atoms with Gasteiger partial charge in [0.05, 0.1) is 18.5 Å². The molecule has 0 saturated heterocycles. The molecule has 136 valence electrons. The summed E-state index contributed by atoms with van der Waals surface area (Å²) in [6.07, 6.45) is 1.02. The van der Waals surface area contributed by atoms with Crippen LogP contribution in [-0.2, 0) is 24.8 Å². The quantitative estimate of drug-likeness (QED) is 0.644. The van der Waals surface area contributed by atoms with Crippen molar-refractivity contribution < 1.29 is 21.6 Å². The van der Waals surface area contributed by atoms with Crippen molar-refractivity contribution in [3.05, 3.63) is 41.3 Å². The Hall–Kier alpha value is -1.95. The highest BCUT2D eigenvalue weighted by molar-refractivity contribution is 7.92. The Balaban J connectivity index is 2.02. The number of carbonyl (C=O) groups is 1. The van der Waals surface area contributed by atoms with E-state index >= 15 is 0 Å². The van der Waals surface area contributed by atoms with Gasteiger partial charge in [0.1, 0.15) is 4.21 Å². The highest BCUT2D eigenvalue weighted by Gasteiger charge is 2.16. The maximum Gasteiger partial charge on any atom is 0.250 e. The fraction of sp³-hybridized carbons (Fsp3) is 0.214. The highest BCUT2D eigenvalue weighted by atomic mass is 32.2. The molecule has 1 aromatic carbocycles. The number of aryl methyl sites for hydroxylation is 1. The zero-order chi connectivity index (χ0) is 18.7. The number of benzene rings is 1. The minimum Gasteiger partial charge on any atom is -0.325 e. The van der Waals surface area contributed by atoms with E-state index in [0.717, 1.165) is 17.6 Å². The molecule has 1 aromatic heterocycles. The van der Waals surface area contributed by atoms with Gasteiger partial charge in [-0.3, -0.25) is 9.52 Å². The molecule has 3 N–H and O–H groups in total. The first-order valence-electron chi connectivity index (χ1n) is 6.98. The molecule has 0 aliphatic heterocycles. The molecule has 11 heteroatoms. The Morgan fingerprint density at radius 2 is 1.88 bits per heavy atom. The third-order valence-electron chi connectivity index (χ3n) is 3.00. The lowest BCUT2D eigenvalue weighted by molar-refractivity contribution is -0.115. The fourth-order valence-corrected chi connectivity index (χ4v) is 4.50. The summed E-state index contributed by atoms with van der Waals surface area (Å²) in [6.45, 7) is 1.28. The molecule has 0 aliphatic rings. The maximum atomic E-state index is 11.9. The van der Waals surface area contributed by atoms with Gasteiger partial charge in [-0.1, -0.05) is 12.1 Å². The lowest BCUT2D eigenvalue weighted by atomic mass is 10.2. The van der Waals surface area contributed by atoms with Gasteiger partial charge >= 0.3 is 0 Å². The standard InChI is InChI=1S/C14H17N3O5S3/c1-10-5-6-11(8-12(10)17-24(2,19)20)16-13(18)9-15-25(21,22)14-4-3-7-23-14/h3-8,15,17H,9H2,1-2H3,(H,16,18). The summed E-state index contributed by atoms with van der Waals surface area (Å²) in [4.78, 5) is 11.9. The summed E-state index contributed by atoms with van der Waals surface area (Å²) in [5.74, 6) is -0.575. The van der Waals surface area contributed by atoms with E-state index in [2.05, 4.69) is 14.8 Å². The predicted molar refractivity (Wildman–Crippen MR) is 97.8 cm³/mol. The van der Waals surface area contributed by atoms with Crippen LogP contribution in [0.5, 0.6) is 0 Å². The van der Waals surface area contributed by atoms with E-state index in [1.54, 1.807) is 30.5 Å². The molecule has 25 heavy (non-hydrogen) atoms. The molecule has 0 radical (unpaired) electrons. The normalized spacial score (nSPS) is 11.9. The topological polar surface area (TPSA) is 121 Å². The van der Waals surface area contributed by atoms with Gasteiger partial charge in [-0.25, -0.2) is 21.6 Å². The van der Waals surface area contributed by atoms with E-state index in [4.69, 9.17) is 0 Å². The molecular weight excluding hydrogens is 386 g/mol. The number of anilines is 2. The largest absolute Gasteiger partial charge is 0.325 e. The smallest absolute Gasteiger partial charge is 0.250 e. The van der Waals surface area contributed by atoms with Crippen LogP contribution < -0.4 is 14.8 Å². The molecule has 0 fully saturated rings. The second kappa shape index (κ2) is 7.52. The van der Waals surface area contributed by atoms with Crippen molar-refractivity contribution in [1.82, 2.24) is 4.72 Å². The lowest BCUT2D eigenvalue weighted by Crippen LogP contribution is -2.32. The first kappa shape index (κ1) is 19.4. The van der Waals surface area contributed by atoms with Crippen molar-refractivity contribution in [1.29, 1.82) is 0 Å². The van der Waals surface area contributed by atoms with Crippen molar-refractivity contribution in [2.45, 2.75) is 11.1 Å². The summed E-state index contributed by atoms with van der Waals surface area (Å²) < 4.78 is 51.2. The Kier molecular flexibility index (Phi) is 5.83. The summed E-state index contributed by atoms with van der Waals surface area (Å²) in [5.41, 5.74) is 1.36. The van der Waals surface area contributed by atoms with E-state index < -0.39 is 32.5 Å². The maximum absolute atomic E-state index is 11.9. The fourth-order valence-electron chi connectivity index (χ4n) is 1.86. The van der Waals surface area contributed by atoms with Gasteiger partial charge in [-0.2, -0.15) is 0 Å². The molecule has 0 unspecified atom stereocenters. The second-order valence-corrected chi connectivity index (χ2v) is 9.90. The van der Waals surface area contributed by atoms with Crippen LogP contribution in [0.25, 0.3) is 0 Å². The van der Waals surface area contributed by atoms with Gasteiger partial charge in [0.15, 0.2) is 0 Å². The summed E-state index contributed by atoms with van der Waals surface area (Å²) >= 11 is 1.05. The van der Waals surface area contributed by atoms with Gasteiger partial charge in [-0.15, -0.1) is 11.3 Å². The molecule has 2 rings (SSSR count). The van der Waals surface area contributed by atoms with Crippen LogP contribution in [0.4, 0.5) is 11.4 Å². The Labute approximate surface area is 150 Å². The third kappa shape index (κ3) is 5.81. The molecule has 2 aromatic rings. The van der Waals surface area contributed by atoms with Gasteiger partial charge in [-0.05, 0) is 36.1 Å². The first-order valence-corrected chi connectivity index (χ1v) is 11.2. The van der Waals surface area contributed by atoms with Crippen LogP contribution in [0.2, 0.25) is 0 Å². The number of rotatable bonds is 7. The van der Waals surface area contributed by atoms with E-state index in [1.807, 2.05) is 0 Å². The first-order chi connectivity index (χ1) is 11.6. The molecule has 0 saturated carbocycles. The number of amides is 1. The minimum absolute atomic E-state index is 0.121. The van der Waals surface area contributed by atoms with Crippen molar-refractivity contribution in [2.24, 2.45) is 0 Å². The summed E-state index contributed by atoms with van der Waals surface area (Å²) in [7, 11) is -7.18. The van der Waals surface area contributed by atoms with Crippen molar-refractivity contribution in [3.63, 3.8) is 0 Å². The Morgan fingerprint density at radius 1 is 1.16 bits per heavy atom. The van der Waals surface area contributed by atoms with Gasteiger partial charge < -0.3 is 5.32 Å². The van der Waals surface area contributed by atoms with Crippen molar-refractivity contribution in [3.8, 4) is 0 Å². The van der Waals surface area contributed by atoms with Crippen LogP contribution in [0.15, 0.2) is 39.9 Å². The van der Waals surface area contributed by atoms with Gasteiger partial charge in [0.2, 0.25) is 15.9 Å². The van der Waals surface area contributed by atoms with Crippen LogP contribution >= 0.6 is 11.3 Å². The molecule has 0 spiro atoms. The lowest BCUT2D eigenvalue weighted by Gasteiger charge is -2.11. The molecule has 1 amide bonds. The van der Waals surface area contributed by atoms with Crippen molar-refractivity contribution >= 4 is 48.7 Å². The molecule has 0 aliphatic carbocycles. The minimum atomic E-state index is -3.73. The predicted octanol–water partition coefficient (Wildman–Crippen LogP) is 1.35. The van der Waals surface area contributed by atoms with E-state index in [9.17, 15) is 21.6 Å². The zero-order valence-electron chi connectivity index (χ0n) is 13.4. The van der Waals surface area contributed by atoms with Crippen LogP contribution in [0.3, 0.4) is 0 Å². The zero-order valence-corrected chi connectivity index (χ0v) is 15.9. The number of nitrogens with one attached hydrogen (secondary N) is 3. The van der Waals surface area contributed by atoms with Crippen LogP contribution in [0, 0.1) is 6.92 Å². The number of carbonyl (C=O) groups excluding carboxylic acids is 1. The average Bonchev–Trinajstić information content (AvgIpc) is 3.02. The van der Waals surface area contributed by atoms with E-state index in [0.29, 0.717) is 16.9 Å². The second-order valence-electron chi connectivity index (χ2n) is 5.21. The number of thiophene rings is 1. The highest BCUT2D eigenvalue weighted by Crippen LogP contribution is 2.21. The average molecular weight is 404 g/mol. The number of sulfonamides is 2. The molecule has 0 bridgehead atoms. The van der Waals surface area contributed by atoms with Crippen LogP contribution in [-0.4, -0.2) is 35.5 Å². The summed E-state index contributed by atoms with van der Waals surface area (Å²) in [5, 5.41) is 4.14. The molecule has 8 nitrogen and oxygen atoms in total. The molecule has 1 heterocycles. The Morgan fingerprint density at radius 3 is 2.48 bits per heavy atom. The van der Waals surface area contributed by atoms with Gasteiger partial charge in [0.25, 0.3) is 10.0 Å². The monoisotopic (exact) mass is 403 g/mol. The van der Waals surface area contributed by atoms with E-state index in [1.165, 1.54) is 12.1 Å². The van der Waals surface area contributed by atoms with Gasteiger partial charge in [0, 0.05) is 5.69 Å². The van der Waals surface area contributed by atoms with Crippen LogP contribution in [0.1, 0.15) is 5.56 Å². The number of hydrogen-bond acceptors (Lipinski definition) is 6. The molecular formula is C14H17N3O5S3. The third-order valence-corrected chi connectivity index (χ3v) is 6.39. The SMILES string of the molecule is Cc1ccc(NC(=O)CNS(=O)(=O)c2cccs2)cc1NS(C)(=O)=O. The van der Waals surface area contributed by atoms with Crippen molar-refractivity contribution in [2.75, 3.05) is 22.8 Å². The summed E-state index contributed by atoms with van der Waals surface area (Å²) in [6, 6.07) is 7.73. The Bertz CT molecular complexity index is 967. The van der Waals surface area contributed by atoms with E-state index in [-0.39, 0.29) is 4.21 Å². The molecule has 0 atom stereocenters.